The number of amides is 1. The van der Waals surface area contributed by atoms with Gasteiger partial charge in [0.1, 0.15) is 0 Å². The fraction of sp³-hybridized carbons (Fsp3) is 0.875. The molecule has 5 nitrogen and oxygen atoms in total. The number of carbonyl (C=O) groups is 1. The predicted molar refractivity (Wildman–Crippen MR) is 104 cm³/mol. The van der Waals surface area contributed by atoms with Crippen LogP contribution in [0.5, 0.6) is 0 Å². The predicted octanol–water partition coefficient (Wildman–Crippen LogP) is 2.66. The Labute approximate surface area is 152 Å². The zero-order chi connectivity index (χ0) is 15.3. The quantitative estimate of drug-likeness (QED) is 0.231. The normalized spacial score (nSPS) is 15.3. The number of halogens is 1. The Morgan fingerprint density at radius 1 is 1.09 bits per heavy atom. The molecule has 6 heteroatoms. The monoisotopic (exact) mass is 424 g/mol. The van der Waals surface area contributed by atoms with Gasteiger partial charge >= 0.3 is 0 Å². The maximum atomic E-state index is 11.5. The van der Waals surface area contributed by atoms with E-state index in [4.69, 9.17) is 0 Å². The fourth-order valence-electron chi connectivity index (χ4n) is 2.78. The van der Waals surface area contributed by atoms with Crippen molar-refractivity contribution in [1.82, 2.24) is 16.0 Å². The highest BCUT2D eigenvalue weighted by Crippen LogP contribution is 2.28. The summed E-state index contributed by atoms with van der Waals surface area (Å²) in [4.78, 5) is 15.6. The van der Waals surface area contributed by atoms with Crippen LogP contribution >= 0.6 is 24.0 Å². The summed E-state index contributed by atoms with van der Waals surface area (Å²) in [5, 5.41) is 9.14. The van der Waals surface area contributed by atoms with Crippen molar-refractivity contribution >= 4 is 35.8 Å². The summed E-state index contributed by atoms with van der Waals surface area (Å²) in [5.74, 6) is 1.70. The van der Waals surface area contributed by atoms with Crippen molar-refractivity contribution in [1.29, 1.82) is 0 Å². The number of nitrogens with one attached hydrogen (secondary N) is 3. The van der Waals surface area contributed by atoms with E-state index in [-0.39, 0.29) is 36.4 Å². The van der Waals surface area contributed by atoms with E-state index in [9.17, 15) is 4.79 Å². The van der Waals surface area contributed by atoms with Crippen molar-refractivity contribution < 1.29 is 4.79 Å². The van der Waals surface area contributed by atoms with E-state index >= 15 is 0 Å². The lowest BCUT2D eigenvalue weighted by Gasteiger charge is -2.12. The highest BCUT2D eigenvalue weighted by molar-refractivity contribution is 14.0. The molecule has 1 amide bonds. The molecule has 1 aliphatic carbocycles. The number of carbonyl (C=O) groups excluding carboxylic acids is 1. The first kappa shape index (κ1) is 21.5. The van der Waals surface area contributed by atoms with Gasteiger partial charge in [-0.1, -0.05) is 45.4 Å². The lowest BCUT2D eigenvalue weighted by atomic mass is 10.0. The summed E-state index contributed by atoms with van der Waals surface area (Å²) in [7, 11) is 1.73. The molecule has 1 fully saturated rings. The Bertz CT molecular complexity index is 317. The van der Waals surface area contributed by atoms with Crippen molar-refractivity contribution in [3.05, 3.63) is 0 Å². The molecule has 1 rings (SSSR count). The van der Waals surface area contributed by atoms with Crippen LogP contribution in [-0.2, 0) is 4.79 Å². The molecule has 3 N–H and O–H groups in total. The first-order valence-electron chi connectivity index (χ1n) is 8.47. The molecule has 0 aliphatic heterocycles. The molecule has 0 heterocycles. The molecule has 0 bridgehead atoms. The van der Waals surface area contributed by atoms with Crippen LogP contribution in [-0.4, -0.2) is 38.5 Å². The fourth-order valence-corrected chi connectivity index (χ4v) is 2.78. The molecule has 0 aromatic carbocycles. The van der Waals surface area contributed by atoms with Gasteiger partial charge in [-0.25, -0.2) is 0 Å². The lowest BCUT2D eigenvalue weighted by molar-refractivity contribution is -0.120. The van der Waals surface area contributed by atoms with E-state index in [1.807, 2.05) is 6.92 Å². The molecule has 0 saturated heterocycles. The van der Waals surface area contributed by atoms with Crippen LogP contribution in [0, 0.1) is 5.92 Å². The summed E-state index contributed by atoms with van der Waals surface area (Å²) in [6.45, 7) is 3.97. The van der Waals surface area contributed by atoms with Crippen LogP contribution in [0.15, 0.2) is 4.99 Å². The third-order valence-electron chi connectivity index (χ3n) is 4.02. The maximum absolute atomic E-state index is 11.5. The van der Waals surface area contributed by atoms with Crippen LogP contribution in [0.3, 0.4) is 0 Å². The molecule has 0 radical (unpaired) electrons. The van der Waals surface area contributed by atoms with Crippen molar-refractivity contribution in [3.63, 3.8) is 0 Å². The highest BCUT2D eigenvalue weighted by atomic mass is 127. The Balaban J connectivity index is 0.00000441. The Morgan fingerprint density at radius 2 is 1.82 bits per heavy atom. The molecule has 1 aliphatic rings. The van der Waals surface area contributed by atoms with Gasteiger partial charge in [0, 0.05) is 20.1 Å². The second-order valence-electron chi connectivity index (χ2n) is 5.85. The summed E-state index contributed by atoms with van der Waals surface area (Å²) >= 11 is 0. The van der Waals surface area contributed by atoms with Crippen LogP contribution in [0.1, 0.15) is 58.3 Å². The maximum Gasteiger partial charge on any atom is 0.239 e. The molecular formula is C16H33IN4O. The number of hydrogen-bond donors (Lipinski definition) is 3. The van der Waals surface area contributed by atoms with Crippen molar-refractivity contribution in [2.24, 2.45) is 10.9 Å². The van der Waals surface area contributed by atoms with Gasteiger partial charge in [0.05, 0.1) is 6.54 Å². The second-order valence-corrected chi connectivity index (χ2v) is 5.85. The molecule has 1 saturated carbocycles. The first-order valence-corrected chi connectivity index (χ1v) is 8.47. The van der Waals surface area contributed by atoms with Crippen LogP contribution < -0.4 is 16.0 Å². The Kier molecular flexibility index (Phi) is 13.7. The summed E-state index contributed by atoms with van der Waals surface area (Å²) in [6, 6.07) is 0. The van der Waals surface area contributed by atoms with Gasteiger partial charge in [0.15, 0.2) is 5.96 Å². The summed E-state index contributed by atoms with van der Waals surface area (Å²) < 4.78 is 0. The smallest absolute Gasteiger partial charge is 0.239 e. The van der Waals surface area contributed by atoms with E-state index in [0.717, 1.165) is 25.4 Å². The minimum absolute atomic E-state index is 0. The van der Waals surface area contributed by atoms with Gasteiger partial charge in [-0.15, -0.1) is 24.0 Å². The van der Waals surface area contributed by atoms with E-state index < -0.39 is 0 Å². The number of aliphatic imine (C=N–C) groups is 1. The standard InChI is InChI=1S/C16H32N4O.HI/c1-3-11-18-15(21)13-20-16(17-2)19-12-7-6-10-14-8-4-5-9-14;/h14H,3-13H2,1-2H3,(H,18,21)(H2,17,19,20);1H. The highest BCUT2D eigenvalue weighted by Gasteiger charge is 2.13. The van der Waals surface area contributed by atoms with Crippen LogP contribution in [0.25, 0.3) is 0 Å². The zero-order valence-corrected chi connectivity index (χ0v) is 16.4. The average molecular weight is 424 g/mol. The third-order valence-corrected chi connectivity index (χ3v) is 4.02. The van der Waals surface area contributed by atoms with Crippen LogP contribution in [0.2, 0.25) is 0 Å². The number of guanidine groups is 1. The largest absolute Gasteiger partial charge is 0.356 e. The molecular weight excluding hydrogens is 391 g/mol. The van der Waals surface area contributed by atoms with E-state index in [2.05, 4.69) is 20.9 Å². The molecule has 0 aromatic rings. The third kappa shape index (κ3) is 10.2. The van der Waals surface area contributed by atoms with Gasteiger partial charge in [-0.05, 0) is 18.8 Å². The molecule has 0 unspecified atom stereocenters. The minimum atomic E-state index is 0. The van der Waals surface area contributed by atoms with E-state index in [0.29, 0.717) is 5.96 Å². The van der Waals surface area contributed by atoms with Gasteiger partial charge in [-0.2, -0.15) is 0 Å². The molecule has 0 aromatic heterocycles. The molecule has 22 heavy (non-hydrogen) atoms. The SMILES string of the molecule is CCCNC(=O)CNC(=NC)NCCCCC1CCCC1.I. The van der Waals surface area contributed by atoms with Crippen LogP contribution in [0.4, 0.5) is 0 Å². The average Bonchev–Trinajstić information content (AvgIpc) is 3.01. The van der Waals surface area contributed by atoms with Gasteiger partial charge in [0.2, 0.25) is 5.91 Å². The molecule has 0 atom stereocenters. The van der Waals surface area contributed by atoms with Crippen molar-refractivity contribution in [2.45, 2.75) is 58.3 Å². The Hall–Kier alpha value is -0.530. The van der Waals surface area contributed by atoms with Crippen molar-refractivity contribution in [2.75, 3.05) is 26.7 Å². The lowest BCUT2D eigenvalue weighted by Crippen LogP contribution is -2.43. The van der Waals surface area contributed by atoms with E-state index in [1.165, 1.54) is 44.9 Å². The number of nitrogens with zero attached hydrogens (tertiary/aromatic N) is 1. The first-order chi connectivity index (χ1) is 10.3. The zero-order valence-electron chi connectivity index (χ0n) is 14.1. The number of unbranched alkanes of at least 4 members (excludes halogenated alkanes) is 1. The van der Waals surface area contributed by atoms with Gasteiger partial charge in [0.25, 0.3) is 0 Å². The van der Waals surface area contributed by atoms with Gasteiger partial charge in [-0.3, -0.25) is 9.79 Å². The molecule has 130 valence electrons. The van der Waals surface area contributed by atoms with E-state index in [1.54, 1.807) is 7.05 Å². The minimum Gasteiger partial charge on any atom is -0.356 e. The number of rotatable bonds is 9. The van der Waals surface area contributed by atoms with Gasteiger partial charge < -0.3 is 16.0 Å². The topological polar surface area (TPSA) is 65.5 Å². The number of hydrogen-bond acceptors (Lipinski definition) is 2. The molecule has 0 spiro atoms. The van der Waals surface area contributed by atoms with Crippen molar-refractivity contribution in [3.8, 4) is 0 Å². The summed E-state index contributed by atoms with van der Waals surface area (Å²) in [5.41, 5.74) is 0. The summed E-state index contributed by atoms with van der Waals surface area (Å²) in [6.07, 6.45) is 10.5. The Morgan fingerprint density at radius 3 is 2.45 bits per heavy atom. The second kappa shape index (κ2) is 14.1.